The van der Waals surface area contributed by atoms with Crippen molar-refractivity contribution < 1.29 is 18.0 Å². The molecule has 0 spiro atoms. The van der Waals surface area contributed by atoms with Gasteiger partial charge in [0.25, 0.3) is 0 Å². The molecule has 0 saturated heterocycles. The fourth-order valence-corrected chi connectivity index (χ4v) is 4.56. The maximum absolute atomic E-state index is 12.9. The molecule has 7 nitrogen and oxygen atoms in total. The molecule has 0 unspecified atom stereocenters. The lowest BCUT2D eigenvalue weighted by Crippen LogP contribution is -2.47. The lowest BCUT2D eigenvalue weighted by atomic mass is 10.0. The normalized spacial score (nSPS) is 14.8. The number of carbonyl (C=O) groups excluding carboxylic acids is 2. The molecule has 0 bridgehead atoms. The Morgan fingerprint density at radius 1 is 1.21 bits per heavy atom. The van der Waals surface area contributed by atoms with Crippen molar-refractivity contribution in [3.05, 3.63) is 23.8 Å². The number of nitrogens with one attached hydrogen (secondary N) is 2. The van der Waals surface area contributed by atoms with Crippen LogP contribution in [-0.2, 0) is 26.0 Å². The first kappa shape index (κ1) is 22.4. The van der Waals surface area contributed by atoms with Crippen molar-refractivity contribution >= 4 is 27.5 Å². The van der Waals surface area contributed by atoms with E-state index < -0.39 is 16.1 Å². The maximum Gasteiger partial charge on any atom is 0.241 e. The van der Waals surface area contributed by atoms with Crippen LogP contribution in [0.3, 0.4) is 0 Å². The van der Waals surface area contributed by atoms with Crippen LogP contribution in [0.25, 0.3) is 0 Å². The first-order valence-corrected chi connectivity index (χ1v) is 11.4. The summed E-state index contributed by atoms with van der Waals surface area (Å²) in [7, 11) is -3.85. The minimum atomic E-state index is -3.85. The van der Waals surface area contributed by atoms with E-state index in [1.54, 1.807) is 17.0 Å². The summed E-state index contributed by atoms with van der Waals surface area (Å²) in [5.41, 5.74) is 1.60. The van der Waals surface area contributed by atoms with Gasteiger partial charge in [-0.25, -0.2) is 8.42 Å². The van der Waals surface area contributed by atoms with Crippen LogP contribution in [0.15, 0.2) is 23.1 Å². The number of sulfonamides is 1. The van der Waals surface area contributed by atoms with Gasteiger partial charge in [0.15, 0.2) is 0 Å². The molecule has 0 fully saturated rings. The van der Waals surface area contributed by atoms with E-state index in [1.807, 2.05) is 27.7 Å². The van der Waals surface area contributed by atoms with Crippen molar-refractivity contribution in [1.82, 2.24) is 10.0 Å². The molecule has 1 aliphatic rings. The van der Waals surface area contributed by atoms with Crippen LogP contribution < -0.4 is 14.9 Å². The monoisotopic (exact) mass is 409 g/mol. The lowest BCUT2D eigenvalue weighted by molar-refractivity contribution is -0.123. The highest BCUT2D eigenvalue weighted by Gasteiger charge is 2.29. The summed E-state index contributed by atoms with van der Waals surface area (Å²) in [6.07, 6.45) is 2.23. The fourth-order valence-electron chi connectivity index (χ4n) is 3.30. The van der Waals surface area contributed by atoms with Gasteiger partial charge < -0.3 is 10.2 Å². The largest absolute Gasteiger partial charge is 0.355 e. The van der Waals surface area contributed by atoms with Gasteiger partial charge in [0.05, 0.1) is 4.90 Å². The van der Waals surface area contributed by atoms with Gasteiger partial charge in [-0.1, -0.05) is 27.7 Å². The van der Waals surface area contributed by atoms with Gasteiger partial charge in [0, 0.05) is 25.2 Å². The highest BCUT2D eigenvalue weighted by atomic mass is 32.2. The number of hydrogen-bond donors (Lipinski definition) is 2. The van der Waals surface area contributed by atoms with Gasteiger partial charge in [-0.2, -0.15) is 4.72 Å². The molecule has 2 N–H and O–H groups in total. The zero-order valence-electron chi connectivity index (χ0n) is 17.1. The molecule has 0 aliphatic carbocycles. The van der Waals surface area contributed by atoms with Crippen molar-refractivity contribution in [3.63, 3.8) is 0 Å². The molecule has 0 aromatic heterocycles. The average Bonchev–Trinajstić information content (AvgIpc) is 3.07. The number of hydrogen-bond acceptors (Lipinski definition) is 4. The molecule has 2 rings (SSSR count). The Balaban J connectivity index is 2.23. The molecular weight excluding hydrogens is 378 g/mol. The van der Waals surface area contributed by atoms with Gasteiger partial charge in [0.1, 0.15) is 6.04 Å². The molecule has 0 saturated carbocycles. The predicted molar refractivity (Wildman–Crippen MR) is 110 cm³/mol. The molecule has 1 aliphatic heterocycles. The van der Waals surface area contributed by atoms with Crippen LogP contribution in [0, 0.1) is 5.92 Å². The molecule has 28 heavy (non-hydrogen) atoms. The molecule has 156 valence electrons. The van der Waals surface area contributed by atoms with Gasteiger partial charge in [-0.3, -0.25) is 9.59 Å². The summed E-state index contributed by atoms with van der Waals surface area (Å²) in [5.74, 6) is -0.120. The number of rotatable bonds is 9. The molecule has 1 heterocycles. The third-order valence-electron chi connectivity index (χ3n) is 4.73. The fraction of sp³-hybridized carbons (Fsp3) is 0.600. The van der Waals surface area contributed by atoms with Crippen LogP contribution in [0.5, 0.6) is 0 Å². The van der Waals surface area contributed by atoms with E-state index in [0.29, 0.717) is 32.4 Å². The van der Waals surface area contributed by atoms with E-state index in [0.717, 1.165) is 17.7 Å². The molecule has 2 amide bonds. The second kappa shape index (κ2) is 9.52. The van der Waals surface area contributed by atoms with Gasteiger partial charge >= 0.3 is 0 Å². The maximum atomic E-state index is 12.9. The standard InChI is InChI=1S/C20H31N3O4S/c1-5-10-21-20(25)17(12-14(3)4)22-28(26,27)16-7-8-18-15(13-16)9-11-23(18)19(24)6-2/h7-8,13-14,17,22H,5-6,9-12H2,1-4H3,(H,21,25)/t17-/m0/s1. The van der Waals surface area contributed by atoms with E-state index in [9.17, 15) is 18.0 Å². The van der Waals surface area contributed by atoms with Crippen LogP contribution >= 0.6 is 0 Å². The summed E-state index contributed by atoms with van der Waals surface area (Å²) in [6.45, 7) is 8.72. The number of anilines is 1. The Hall–Kier alpha value is -1.93. The highest BCUT2D eigenvalue weighted by Crippen LogP contribution is 2.30. The Morgan fingerprint density at radius 3 is 2.54 bits per heavy atom. The molecular formula is C20H31N3O4S. The number of nitrogens with zero attached hydrogens (tertiary/aromatic N) is 1. The van der Waals surface area contributed by atoms with E-state index in [4.69, 9.17) is 0 Å². The van der Waals surface area contributed by atoms with E-state index in [1.165, 1.54) is 6.07 Å². The minimum absolute atomic E-state index is 0.0251. The summed E-state index contributed by atoms with van der Waals surface area (Å²) in [5, 5.41) is 2.77. The van der Waals surface area contributed by atoms with Crippen molar-refractivity contribution in [1.29, 1.82) is 0 Å². The topological polar surface area (TPSA) is 95.6 Å². The summed E-state index contributed by atoms with van der Waals surface area (Å²) >= 11 is 0. The smallest absolute Gasteiger partial charge is 0.241 e. The Kier molecular flexibility index (Phi) is 7.60. The summed E-state index contributed by atoms with van der Waals surface area (Å²) in [6, 6.07) is 3.97. The Bertz CT molecular complexity index is 821. The third-order valence-corrected chi connectivity index (χ3v) is 6.20. The van der Waals surface area contributed by atoms with Crippen LogP contribution in [0.1, 0.15) is 52.5 Å². The van der Waals surface area contributed by atoms with Crippen molar-refractivity contribution in [2.45, 2.75) is 64.3 Å². The zero-order chi connectivity index (χ0) is 20.9. The molecule has 1 atom stereocenters. The second-order valence-electron chi connectivity index (χ2n) is 7.53. The van der Waals surface area contributed by atoms with Crippen molar-refractivity contribution in [2.75, 3.05) is 18.0 Å². The summed E-state index contributed by atoms with van der Waals surface area (Å²) in [4.78, 5) is 26.2. The number of benzene rings is 1. The minimum Gasteiger partial charge on any atom is -0.355 e. The molecule has 1 aromatic rings. The SMILES string of the molecule is CCCNC(=O)[C@H](CC(C)C)NS(=O)(=O)c1ccc2c(c1)CCN2C(=O)CC. The predicted octanol–water partition coefficient (Wildman–Crippen LogP) is 2.20. The first-order valence-electron chi connectivity index (χ1n) is 9.92. The van der Waals surface area contributed by atoms with Crippen molar-refractivity contribution in [3.8, 4) is 0 Å². The van der Waals surface area contributed by atoms with Crippen LogP contribution in [-0.4, -0.2) is 39.4 Å². The summed E-state index contributed by atoms with van der Waals surface area (Å²) < 4.78 is 28.4. The van der Waals surface area contributed by atoms with E-state index in [2.05, 4.69) is 10.0 Å². The highest BCUT2D eigenvalue weighted by molar-refractivity contribution is 7.89. The van der Waals surface area contributed by atoms with E-state index >= 15 is 0 Å². The number of carbonyl (C=O) groups is 2. The van der Waals surface area contributed by atoms with Gasteiger partial charge in [-0.15, -0.1) is 0 Å². The van der Waals surface area contributed by atoms with Crippen molar-refractivity contribution in [2.24, 2.45) is 5.92 Å². The molecule has 1 aromatic carbocycles. The molecule has 0 radical (unpaired) electrons. The number of fused-ring (bicyclic) bond motifs is 1. The lowest BCUT2D eigenvalue weighted by Gasteiger charge is -2.20. The second-order valence-corrected chi connectivity index (χ2v) is 9.25. The zero-order valence-corrected chi connectivity index (χ0v) is 17.9. The van der Waals surface area contributed by atoms with Crippen LogP contribution in [0.4, 0.5) is 5.69 Å². The average molecular weight is 410 g/mol. The van der Waals surface area contributed by atoms with Crippen LogP contribution in [0.2, 0.25) is 0 Å². The Labute approximate surface area is 167 Å². The third kappa shape index (κ3) is 5.32. The van der Waals surface area contributed by atoms with Gasteiger partial charge in [-0.05, 0) is 48.9 Å². The quantitative estimate of drug-likeness (QED) is 0.654. The molecule has 8 heteroatoms. The Morgan fingerprint density at radius 2 is 1.93 bits per heavy atom. The number of amides is 2. The van der Waals surface area contributed by atoms with Gasteiger partial charge in [0.2, 0.25) is 21.8 Å². The first-order chi connectivity index (χ1) is 13.2. The van der Waals surface area contributed by atoms with E-state index in [-0.39, 0.29) is 22.6 Å².